The minimum atomic E-state index is 1.25. The molecule has 0 rings (SSSR count). The Bertz CT molecular complexity index is 54.7. The van der Waals surface area contributed by atoms with Gasteiger partial charge in [0.2, 0.25) is 0 Å². The number of hydrogen-bond acceptors (Lipinski definition) is 2. The Kier molecular flexibility index (Phi) is 27.6. The van der Waals surface area contributed by atoms with Gasteiger partial charge in [0.15, 0.2) is 5.34 Å². The fourth-order valence-corrected chi connectivity index (χ4v) is 0. The third-order valence-corrected chi connectivity index (χ3v) is 0.167. The lowest BCUT2D eigenvalue weighted by Crippen LogP contribution is -1.25. The average Bonchev–Trinajstić information content (AvgIpc) is 1.69. The van der Waals surface area contributed by atoms with E-state index in [1.807, 2.05) is 0 Å². The van der Waals surface area contributed by atoms with E-state index in [4.69, 9.17) is 10.1 Å². The molecule has 0 atom stereocenters. The number of hydrogen-bond donors (Lipinski definition) is 1. The lowest BCUT2D eigenvalue weighted by atomic mass is 10.6. The van der Waals surface area contributed by atoms with Crippen molar-refractivity contribution in [1.82, 2.24) is 0 Å². The summed E-state index contributed by atoms with van der Waals surface area (Å²) >= 11 is 0. The molecule has 7 heavy (non-hydrogen) atoms. The monoisotopic (exact) mass is 101 g/mol. The molecule has 0 saturated carbocycles. The summed E-state index contributed by atoms with van der Waals surface area (Å²) in [5.74, 6) is 0. The van der Waals surface area contributed by atoms with Gasteiger partial charge >= 0.3 is 0 Å². The second-order valence-electron chi connectivity index (χ2n) is 0.553. The van der Waals surface area contributed by atoms with E-state index < -0.39 is 0 Å². The summed E-state index contributed by atoms with van der Waals surface area (Å²) in [4.78, 5) is 8.11. The zero-order valence-corrected chi connectivity index (χ0v) is 3.87. The van der Waals surface area contributed by atoms with Gasteiger partial charge in [-0.1, -0.05) is 25.3 Å². The Morgan fingerprint density at radius 1 is 1.43 bits per heavy atom. The lowest BCUT2D eigenvalue weighted by Gasteiger charge is -1.44. The average molecular weight is 101 g/mol. The molecule has 0 fully saturated rings. The van der Waals surface area contributed by atoms with Crippen molar-refractivity contribution in [2.45, 2.75) is 0 Å². The van der Waals surface area contributed by atoms with Gasteiger partial charge in [0.25, 0.3) is 0 Å². The normalized spacial score (nSPS) is 4.57. The maximum atomic E-state index is 8.11. The van der Waals surface area contributed by atoms with Crippen LogP contribution in [0.2, 0.25) is 0 Å². The molecular weight excluding hydrogens is 94.0 g/mol. The topological polar surface area (TPSA) is 49.7 Å². The molecular formula is C4H7NO2. The van der Waals surface area contributed by atoms with Crippen molar-refractivity contribution >= 4 is 0 Å². The molecule has 0 aliphatic rings. The summed E-state index contributed by atoms with van der Waals surface area (Å²) in [6.07, 6.45) is 3.28. The fourth-order valence-electron chi connectivity index (χ4n) is 0. The summed E-state index contributed by atoms with van der Waals surface area (Å²) in [6.45, 7) is 6.72. The first kappa shape index (κ1) is 9.30. The summed E-state index contributed by atoms with van der Waals surface area (Å²) in [6, 6.07) is 0. The molecule has 0 spiro atoms. The van der Waals surface area contributed by atoms with Gasteiger partial charge in [0.05, 0.1) is 0 Å². The van der Waals surface area contributed by atoms with Gasteiger partial charge in [-0.05, 0) is 0 Å². The second kappa shape index (κ2) is 20.8. The van der Waals surface area contributed by atoms with Crippen LogP contribution in [0, 0.1) is 4.91 Å². The van der Waals surface area contributed by atoms with E-state index in [2.05, 4.69) is 13.2 Å². The highest BCUT2D eigenvalue weighted by Crippen LogP contribution is 1.52. The van der Waals surface area contributed by atoms with Crippen LogP contribution in [0.3, 0.4) is 0 Å². The van der Waals surface area contributed by atoms with Crippen LogP contribution in [0.15, 0.2) is 30.7 Å². The number of allylic oxidation sites excluding steroid dienone is 2. The van der Waals surface area contributed by atoms with Crippen LogP contribution in [-0.2, 0) is 0 Å². The van der Waals surface area contributed by atoms with Crippen LogP contribution in [0.5, 0.6) is 0 Å². The maximum Gasteiger partial charge on any atom is 0.152 e. The van der Waals surface area contributed by atoms with E-state index in [1.54, 1.807) is 12.2 Å². The van der Waals surface area contributed by atoms with Gasteiger partial charge in [0.1, 0.15) is 0 Å². The predicted octanol–water partition coefficient (Wildman–Crippen LogP) is 1.50. The molecule has 3 nitrogen and oxygen atoms in total. The van der Waals surface area contributed by atoms with Gasteiger partial charge in [-0.15, -0.1) is 4.91 Å². The van der Waals surface area contributed by atoms with Gasteiger partial charge in [0, 0.05) is 0 Å². The van der Waals surface area contributed by atoms with Crippen LogP contribution in [0.1, 0.15) is 0 Å². The first-order valence-electron chi connectivity index (χ1n) is 1.53. The number of rotatable bonds is 1. The van der Waals surface area contributed by atoms with Crippen LogP contribution in [-0.4, -0.2) is 5.21 Å². The highest BCUT2D eigenvalue weighted by molar-refractivity contribution is 4.88. The molecule has 0 aliphatic heterocycles. The zero-order valence-electron chi connectivity index (χ0n) is 3.87. The second-order valence-corrected chi connectivity index (χ2v) is 0.553. The summed E-state index contributed by atoms with van der Waals surface area (Å²) in [7, 11) is 0. The maximum absolute atomic E-state index is 8.11. The fraction of sp³-hybridized carbons (Fsp3) is 0. The van der Waals surface area contributed by atoms with Crippen LogP contribution in [0.4, 0.5) is 0 Å². The van der Waals surface area contributed by atoms with Crippen molar-refractivity contribution in [3.8, 4) is 0 Å². The molecule has 0 aromatic carbocycles. The van der Waals surface area contributed by atoms with E-state index >= 15 is 0 Å². The molecule has 0 heterocycles. The van der Waals surface area contributed by atoms with Crippen molar-refractivity contribution in [3.05, 3.63) is 30.2 Å². The van der Waals surface area contributed by atoms with Gasteiger partial charge in [-0.2, -0.15) is 0 Å². The SMILES string of the molecule is C=CC=C.O=NO. The molecule has 0 radical (unpaired) electrons. The van der Waals surface area contributed by atoms with Crippen molar-refractivity contribution in [2.75, 3.05) is 0 Å². The minimum Gasteiger partial charge on any atom is -0.379 e. The summed E-state index contributed by atoms with van der Waals surface area (Å²) in [5, 5.41) is 7.89. The smallest absolute Gasteiger partial charge is 0.152 e. The highest BCUT2D eigenvalue weighted by Gasteiger charge is 1.29. The standard InChI is InChI=1S/C4H6.HNO2/c1-3-4-2;2-1-3/h3-4H,1-2H2;(H,2,3). The molecule has 0 aromatic rings. The molecule has 40 valence electrons. The van der Waals surface area contributed by atoms with E-state index in [0.29, 0.717) is 0 Å². The number of nitrogens with zero attached hydrogens (tertiary/aromatic N) is 1. The molecule has 0 amide bonds. The van der Waals surface area contributed by atoms with Crippen molar-refractivity contribution < 1.29 is 5.21 Å². The van der Waals surface area contributed by atoms with Gasteiger partial charge in [-0.25, -0.2) is 0 Å². The third-order valence-electron chi connectivity index (χ3n) is 0.167. The third kappa shape index (κ3) is 2810. The van der Waals surface area contributed by atoms with Crippen LogP contribution in [0.25, 0.3) is 0 Å². The summed E-state index contributed by atoms with van der Waals surface area (Å²) < 4.78 is 0. The Hall–Kier alpha value is -1.12. The lowest BCUT2D eigenvalue weighted by molar-refractivity contribution is 0.312. The van der Waals surface area contributed by atoms with Crippen molar-refractivity contribution in [3.63, 3.8) is 0 Å². The molecule has 0 bridgehead atoms. The van der Waals surface area contributed by atoms with E-state index in [1.165, 1.54) is 5.34 Å². The highest BCUT2D eigenvalue weighted by atomic mass is 16.6. The zero-order chi connectivity index (χ0) is 6.12. The largest absolute Gasteiger partial charge is 0.379 e. The Morgan fingerprint density at radius 3 is 1.57 bits per heavy atom. The molecule has 0 saturated heterocycles. The Labute approximate surface area is 41.9 Å². The molecule has 0 aliphatic carbocycles. The molecule has 3 heteroatoms. The van der Waals surface area contributed by atoms with E-state index in [0.717, 1.165) is 0 Å². The summed E-state index contributed by atoms with van der Waals surface area (Å²) in [5.41, 5.74) is 0. The first-order chi connectivity index (χ1) is 3.33. The van der Waals surface area contributed by atoms with Crippen LogP contribution < -0.4 is 0 Å². The quantitative estimate of drug-likeness (QED) is 0.309. The predicted molar refractivity (Wildman–Crippen MR) is 28.0 cm³/mol. The van der Waals surface area contributed by atoms with Gasteiger partial charge in [-0.3, -0.25) is 0 Å². The minimum absolute atomic E-state index is 1.25. The Morgan fingerprint density at radius 2 is 1.57 bits per heavy atom. The van der Waals surface area contributed by atoms with Gasteiger partial charge < -0.3 is 5.21 Å². The first-order valence-corrected chi connectivity index (χ1v) is 1.53. The van der Waals surface area contributed by atoms with Crippen LogP contribution >= 0.6 is 0 Å². The van der Waals surface area contributed by atoms with Crippen molar-refractivity contribution in [1.29, 1.82) is 0 Å². The van der Waals surface area contributed by atoms with Crippen molar-refractivity contribution in [2.24, 2.45) is 5.34 Å². The molecule has 1 N–H and O–H groups in total. The molecule has 0 unspecified atom stereocenters. The van der Waals surface area contributed by atoms with E-state index in [9.17, 15) is 0 Å². The van der Waals surface area contributed by atoms with E-state index in [-0.39, 0.29) is 0 Å². The Balaban J connectivity index is 0. The molecule has 0 aromatic heterocycles.